The molecule has 3 aromatic heterocycles. The summed E-state index contributed by atoms with van der Waals surface area (Å²) in [6.07, 6.45) is 7.60. The number of hydrogen-bond acceptors (Lipinski definition) is 5. The van der Waals surface area contributed by atoms with Gasteiger partial charge in [-0.05, 0) is 61.3 Å². The fourth-order valence-corrected chi connectivity index (χ4v) is 5.40. The standard InChI is InChI=1S/C26H28ClN5O4/c27-18-4-5-20-17(13-18)14-29-22(21(20)3-1-2-12-33)16-31-24-15-28-9-6-23(24)32(25(31)34)19-7-10-30(11-8-19)26(35)36/h4-6,9,13-15,19,33H,1-3,7-8,10-12,16H2,(H,35,36). The number of unbranched alkanes of at least 4 members (excludes halogenated alkanes) is 1. The van der Waals surface area contributed by atoms with Gasteiger partial charge in [0.2, 0.25) is 0 Å². The lowest BCUT2D eigenvalue weighted by molar-refractivity contribution is 0.125. The molecule has 1 aliphatic heterocycles. The molecule has 0 spiro atoms. The molecule has 9 nitrogen and oxygen atoms in total. The number of carbonyl (C=O) groups is 1. The van der Waals surface area contributed by atoms with E-state index in [-0.39, 0.29) is 24.9 Å². The van der Waals surface area contributed by atoms with Crippen molar-refractivity contribution < 1.29 is 15.0 Å². The molecule has 36 heavy (non-hydrogen) atoms. The maximum atomic E-state index is 13.8. The van der Waals surface area contributed by atoms with E-state index in [4.69, 9.17) is 16.6 Å². The number of piperidine rings is 1. The molecule has 1 aliphatic rings. The number of aromatic nitrogens is 4. The SMILES string of the molecule is O=C(O)N1CCC(n2c(=O)n(Cc3ncc4cc(Cl)ccc4c3CCCCO)c3cnccc32)CC1. The maximum Gasteiger partial charge on any atom is 0.407 e. The average Bonchev–Trinajstić information content (AvgIpc) is 3.16. The Labute approximate surface area is 212 Å². The van der Waals surface area contributed by atoms with Crippen LogP contribution in [-0.4, -0.2) is 60.0 Å². The predicted molar refractivity (Wildman–Crippen MR) is 138 cm³/mol. The van der Waals surface area contributed by atoms with Crippen molar-refractivity contribution in [2.75, 3.05) is 19.7 Å². The Kier molecular flexibility index (Phi) is 6.93. The lowest BCUT2D eigenvalue weighted by Crippen LogP contribution is -2.40. The van der Waals surface area contributed by atoms with Gasteiger partial charge in [0.15, 0.2) is 0 Å². The number of carboxylic acid groups (broad SMARTS) is 1. The van der Waals surface area contributed by atoms with Gasteiger partial charge in [-0.15, -0.1) is 0 Å². The van der Waals surface area contributed by atoms with Crippen molar-refractivity contribution >= 4 is 39.5 Å². The van der Waals surface area contributed by atoms with E-state index in [1.807, 2.05) is 24.3 Å². The molecule has 1 amide bonds. The number of imidazole rings is 1. The minimum absolute atomic E-state index is 0.0880. The van der Waals surface area contributed by atoms with Crippen molar-refractivity contribution in [1.82, 2.24) is 24.0 Å². The summed E-state index contributed by atoms with van der Waals surface area (Å²) in [6, 6.07) is 7.48. The van der Waals surface area contributed by atoms with Gasteiger partial charge in [0.05, 0.1) is 29.5 Å². The van der Waals surface area contributed by atoms with Gasteiger partial charge in [0.25, 0.3) is 0 Å². The van der Waals surface area contributed by atoms with Crippen LogP contribution in [0.25, 0.3) is 21.8 Å². The van der Waals surface area contributed by atoms with Crippen molar-refractivity contribution in [3.8, 4) is 0 Å². The van der Waals surface area contributed by atoms with Crippen LogP contribution in [0.5, 0.6) is 0 Å². The maximum absolute atomic E-state index is 13.8. The Morgan fingerprint density at radius 2 is 1.92 bits per heavy atom. The molecule has 4 heterocycles. The lowest BCUT2D eigenvalue weighted by atomic mass is 9.99. The summed E-state index contributed by atoms with van der Waals surface area (Å²) in [5.74, 6) is 0. The first-order valence-electron chi connectivity index (χ1n) is 12.2. The van der Waals surface area contributed by atoms with Crippen LogP contribution in [0.3, 0.4) is 0 Å². The van der Waals surface area contributed by atoms with Gasteiger partial charge in [-0.2, -0.15) is 0 Å². The number of benzene rings is 1. The van der Waals surface area contributed by atoms with Crippen LogP contribution in [-0.2, 0) is 13.0 Å². The van der Waals surface area contributed by atoms with Gasteiger partial charge < -0.3 is 15.1 Å². The Hall–Kier alpha value is -3.43. The third-order valence-electron chi connectivity index (χ3n) is 7.05. The Morgan fingerprint density at radius 3 is 2.67 bits per heavy atom. The van der Waals surface area contributed by atoms with E-state index in [1.54, 1.807) is 27.7 Å². The fraction of sp³-hybridized carbons (Fsp3) is 0.385. The monoisotopic (exact) mass is 509 g/mol. The van der Waals surface area contributed by atoms with E-state index in [0.29, 0.717) is 37.4 Å². The number of nitrogens with zero attached hydrogens (tertiary/aromatic N) is 5. The van der Waals surface area contributed by atoms with E-state index in [2.05, 4.69) is 4.98 Å². The number of aliphatic hydroxyl groups is 1. The first-order chi connectivity index (χ1) is 17.5. The van der Waals surface area contributed by atoms with Crippen LogP contribution in [0.2, 0.25) is 5.02 Å². The average molecular weight is 510 g/mol. The Morgan fingerprint density at radius 1 is 1.11 bits per heavy atom. The minimum atomic E-state index is -0.926. The number of halogens is 1. The third kappa shape index (κ3) is 4.56. The molecule has 1 saturated heterocycles. The van der Waals surface area contributed by atoms with Crippen LogP contribution < -0.4 is 5.69 Å². The van der Waals surface area contributed by atoms with Crippen LogP contribution in [0.1, 0.15) is 43.0 Å². The number of likely N-dealkylation sites (tertiary alicyclic amines) is 1. The first-order valence-corrected chi connectivity index (χ1v) is 12.5. The molecule has 0 aliphatic carbocycles. The van der Waals surface area contributed by atoms with Gasteiger partial charge >= 0.3 is 11.8 Å². The molecule has 4 aromatic rings. The number of aliphatic hydroxyl groups excluding tert-OH is 1. The molecule has 2 N–H and O–H groups in total. The highest BCUT2D eigenvalue weighted by atomic mass is 35.5. The predicted octanol–water partition coefficient (Wildman–Crippen LogP) is 4.08. The summed E-state index contributed by atoms with van der Waals surface area (Å²) >= 11 is 6.20. The van der Waals surface area contributed by atoms with Crippen molar-refractivity contribution in [1.29, 1.82) is 0 Å². The zero-order chi connectivity index (χ0) is 25.2. The van der Waals surface area contributed by atoms with E-state index in [0.717, 1.165) is 45.9 Å². The second kappa shape index (κ2) is 10.3. The molecular formula is C26H28ClN5O4. The number of rotatable bonds is 7. The second-order valence-electron chi connectivity index (χ2n) is 9.20. The summed E-state index contributed by atoms with van der Waals surface area (Å²) in [4.78, 5) is 35.5. The van der Waals surface area contributed by atoms with Crippen molar-refractivity contribution in [3.05, 3.63) is 69.6 Å². The van der Waals surface area contributed by atoms with Gasteiger partial charge in [0, 0.05) is 48.5 Å². The summed E-state index contributed by atoms with van der Waals surface area (Å²) in [6.45, 7) is 1.20. The normalized spacial score (nSPS) is 14.7. The number of fused-ring (bicyclic) bond motifs is 2. The molecular weight excluding hydrogens is 482 g/mol. The first kappa shape index (κ1) is 24.3. The Balaban J connectivity index is 1.56. The fourth-order valence-electron chi connectivity index (χ4n) is 5.22. The van der Waals surface area contributed by atoms with Crippen LogP contribution in [0.4, 0.5) is 4.79 Å². The van der Waals surface area contributed by atoms with E-state index >= 15 is 0 Å². The molecule has 188 valence electrons. The number of pyridine rings is 2. The highest BCUT2D eigenvalue weighted by molar-refractivity contribution is 6.31. The van der Waals surface area contributed by atoms with E-state index in [9.17, 15) is 19.8 Å². The number of hydrogen-bond donors (Lipinski definition) is 2. The third-order valence-corrected chi connectivity index (χ3v) is 7.29. The highest BCUT2D eigenvalue weighted by Gasteiger charge is 2.27. The van der Waals surface area contributed by atoms with Crippen molar-refractivity contribution in [2.24, 2.45) is 0 Å². The summed E-state index contributed by atoms with van der Waals surface area (Å²) < 4.78 is 3.51. The van der Waals surface area contributed by atoms with Gasteiger partial charge in [0.1, 0.15) is 0 Å². The summed E-state index contributed by atoms with van der Waals surface area (Å²) in [5.41, 5.74) is 3.21. The van der Waals surface area contributed by atoms with Crippen LogP contribution in [0, 0.1) is 0 Å². The van der Waals surface area contributed by atoms with Crippen molar-refractivity contribution in [2.45, 2.75) is 44.7 Å². The van der Waals surface area contributed by atoms with E-state index in [1.165, 1.54) is 4.90 Å². The molecule has 0 unspecified atom stereocenters. The zero-order valence-corrected chi connectivity index (χ0v) is 20.6. The highest BCUT2D eigenvalue weighted by Crippen LogP contribution is 2.28. The van der Waals surface area contributed by atoms with Crippen molar-refractivity contribution in [3.63, 3.8) is 0 Å². The number of amides is 1. The van der Waals surface area contributed by atoms with Gasteiger partial charge in [-0.25, -0.2) is 9.59 Å². The van der Waals surface area contributed by atoms with Gasteiger partial charge in [-0.1, -0.05) is 17.7 Å². The molecule has 0 radical (unpaired) electrons. The van der Waals surface area contributed by atoms with Gasteiger partial charge in [-0.3, -0.25) is 19.1 Å². The topological polar surface area (TPSA) is 113 Å². The zero-order valence-electron chi connectivity index (χ0n) is 19.8. The smallest absolute Gasteiger partial charge is 0.407 e. The molecule has 5 rings (SSSR count). The minimum Gasteiger partial charge on any atom is -0.465 e. The molecule has 0 atom stereocenters. The summed E-state index contributed by atoms with van der Waals surface area (Å²) in [7, 11) is 0. The molecule has 0 bridgehead atoms. The quantitative estimate of drug-likeness (QED) is 0.363. The van der Waals surface area contributed by atoms with Crippen LogP contribution >= 0.6 is 11.6 Å². The molecule has 1 fully saturated rings. The molecule has 1 aromatic carbocycles. The molecule has 10 heteroatoms. The largest absolute Gasteiger partial charge is 0.465 e. The second-order valence-corrected chi connectivity index (χ2v) is 9.64. The molecule has 0 saturated carbocycles. The summed E-state index contributed by atoms with van der Waals surface area (Å²) in [5, 5.41) is 21.2. The number of aryl methyl sites for hydroxylation is 1. The van der Waals surface area contributed by atoms with Crippen LogP contribution in [0.15, 0.2) is 47.7 Å². The lowest BCUT2D eigenvalue weighted by Gasteiger charge is -2.30. The Bertz CT molecular complexity index is 1470. The van der Waals surface area contributed by atoms with E-state index < -0.39 is 6.09 Å².